The third-order valence-corrected chi connectivity index (χ3v) is 13.8. The maximum absolute atomic E-state index is 5.34. The van der Waals surface area contributed by atoms with Gasteiger partial charge in [0.15, 0.2) is 17.5 Å². The molecule has 13 rings (SSSR count). The molecule has 0 bridgehead atoms. The molecular formula is C59H36N4S. The van der Waals surface area contributed by atoms with Crippen LogP contribution in [-0.4, -0.2) is 19.5 Å². The summed E-state index contributed by atoms with van der Waals surface area (Å²) in [5.41, 5.74) is 10.9. The van der Waals surface area contributed by atoms with E-state index in [4.69, 9.17) is 15.0 Å². The zero-order valence-corrected chi connectivity index (χ0v) is 35.3. The molecule has 0 amide bonds. The SMILES string of the molecule is c1ccc(-c2ccc(-c3nc(-c4ccc(-c5ccccc5)cc4)nc(-c4ccc(-n5c6cc7ccccc7cc6c6cc7ccccc7cc65)c5sc6ccccc6c45)n3)cc2)cc1. The number of fused-ring (bicyclic) bond motifs is 8. The highest BCUT2D eigenvalue weighted by atomic mass is 32.1. The molecule has 64 heavy (non-hydrogen) atoms. The second kappa shape index (κ2) is 14.7. The van der Waals surface area contributed by atoms with Gasteiger partial charge in [-0.3, -0.25) is 0 Å². The molecule has 0 radical (unpaired) electrons. The molecule has 0 saturated heterocycles. The highest BCUT2D eigenvalue weighted by molar-refractivity contribution is 7.26. The summed E-state index contributed by atoms with van der Waals surface area (Å²) in [6.07, 6.45) is 0. The highest BCUT2D eigenvalue weighted by Gasteiger charge is 2.23. The van der Waals surface area contributed by atoms with Gasteiger partial charge in [-0.1, -0.05) is 176 Å². The fraction of sp³-hybridized carbons (Fsp3) is 0. The molecule has 5 heteroatoms. The van der Waals surface area contributed by atoms with Crippen LogP contribution >= 0.6 is 11.3 Å². The predicted molar refractivity (Wildman–Crippen MR) is 269 cm³/mol. The van der Waals surface area contributed by atoms with Gasteiger partial charge in [-0.25, -0.2) is 15.0 Å². The molecule has 0 atom stereocenters. The van der Waals surface area contributed by atoms with Crippen LogP contribution in [0.3, 0.4) is 0 Å². The van der Waals surface area contributed by atoms with Crippen LogP contribution in [0.25, 0.3) is 126 Å². The van der Waals surface area contributed by atoms with Crippen molar-refractivity contribution in [3.63, 3.8) is 0 Å². The minimum absolute atomic E-state index is 0.629. The Kier molecular flexibility index (Phi) is 8.36. The zero-order chi connectivity index (χ0) is 42.1. The molecular weight excluding hydrogens is 797 g/mol. The average molecular weight is 833 g/mol. The lowest BCUT2D eigenvalue weighted by Gasteiger charge is -2.14. The summed E-state index contributed by atoms with van der Waals surface area (Å²) in [5.74, 6) is 1.90. The van der Waals surface area contributed by atoms with Crippen molar-refractivity contribution in [3.8, 4) is 62.1 Å². The Morgan fingerprint density at radius 3 is 1.28 bits per heavy atom. The fourth-order valence-electron chi connectivity index (χ4n) is 9.46. The van der Waals surface area contributed by atoms with Gasteiger partial charge < -0.3 is 4.57 Å². The predicted octanol–water partition coefficient (Wildman–Crippen LogP) is 16.0. The number of nitrogens with zero attached hydrogens (tertiary/aromatic N) is 4. The van der Waals surface area contributed by atoms with Crippen molar-refractivity contribution in [1.29, 1.82) is 0 Å². The number of thiophene rings is 1. The summed E-state index contributed by atoms with van der Waals surface area (Å²) in [5, 5.41) is 9.68. The maximum atomic E-state index is 5.34. The van der Waals surface area contributed by atoms with Gasteiger partial charge in [0.05, 0.1) is 21.4 Å². The second-order valence-electron chi connectivity index (χ2n) is 16.4. The largest absolute Gasteiger partial charge is 0.308 e. The molecule has 4 nitrogen and oxygen atoms in total. The average Bonchev–Trinajstić information content (AvgIpc) is 3.90. The van der Waals surface area contributed by atoms with Crippen molar-refractivity contribution in [2.24, 2.45) is 0 Å². The van der Waals surface area contributed by atoms with Gasteiger partial charge in [-0.05, 0) is 86.3 Å². The number of rotatable bonds is 6. The van der Waals surface area contributed by atoms with Gasteiger partial charge in [-0.15, -0.1) is 11.3 Å². The van der Waals surface area contributed by atoms with E-state index < -0.39 is 0 Å². The van der Waals surface area contributed by atoms with Crippen molar-refractivity contribution >= 4 is 74.9 Å². The van der Waals surface area contributed by atoms with Crippen molar-refractivity contribution < 1.29 is 0 Å². The van der Waals surface area contributed by atoms with Gasteiger partial charge >= 0.3 is 0 Å². The van der Waals surface area contributed by atoms with Crippen LogP contribution in [0.15, 0.2) is 218 Å². The molecule has 10 aromatic carbocycles. The summed E-state index contributed by atoms with van der Waals surface area (Å²) in [6.45, 7) is 0. The Morgan fingerprint density at radius 2 is 0.750 bits per heavy atom. The third kappa shape index (κ3) is 6.01. The lowest BCUT2D eigenvalue weighted by atomic mass is 10.0. The highest BCUT2D eigenvalue weighted by Crippen LogP contribution is 2.46. The number of hydrogen-bond acceptors (Lipinski definition) is 4. The Morgan fingerprint density at radius 1 is 0.328 bits per heavy atom. The van der Waals surface area contributed by atoms with E-state index in [2.05, 4.69) is 211 Å². The molecule has 0 unspecified atom stereocenters. The fourth-order valence-corrected chi connectivity index (χ4v) is 10.7. The summed E-state index contributed by atoms with van der Waals surface area (Å²) < 4.78 is 4.88. The summed E-state index contributed by atoms with van der Waals surface area (Å²) in [6, 6.07) is 78.1. The van der Waals surface area contributed by atoms with Gasteiger partial charge in [-0.2, -0.15) is 0 Å². The molecule has 3 heterocycles. The van der Waals surface area contributed by atoms with E-state index in [1.165, 1.54) is 69.3 Å². The molecule has 0 aliphatic carbocycles. The summed E-state index contributed by atoms with van der Waals surface area (Å²) >= 11 is 1.83. The molecule has 0 fully saturated rings. The lowest BCUT2D eigenvalue weighted by Crippen LogP contribution is -2.01. The number of benzene rings is 10. The van der Waals surface area contributed by atoms with Crippen LogP contribution in [0.2, 0.25) is 0 Å². The minimum atomic E-state index is 0.629. The number of hydrogen-bond donors (Lipinski definition) is 0. The molecule has 3 aromatic heterocycles. The number of aromatic nitrogens is 4. The standard InChI is InChI=1S/C59H36N4S/c1-3-13-37(14-4-1)39-23-27-41(28-24-39)57-60-58(42-29-25-40(26-30-42)38-15-5-2-6-16-38)62-59(61-57)48-31-32-51(56-55(48)47-21-11-12-22-54(47)64-56)63-52-35-45-19-9-7-17-43(45)33-49(52)50-34-44-18-8-10-20-46(44)36-53(50)63/h1-36H. The normalized spacial score (nSPS) is 11.8. The van der Waals surface area contributed by atoms with E-state index in [1.54, 1.807) is 0 Å². The molecule has 0 spiro atoms. The Bertz CT molecular complexity index is 3730. The minimum Gasteiger partial charge on any atom is -0.308 e. The third-order valence-electron chi connectivity index (χ3n) is 12.6. The van der Waals surface area contributed by atoms with E-state index in [0.717, 1.165) is 38.9 Å². The lowest BCUT2D eigenvalue weighted by molar-refractivity contribution is 1.08. The summed E-state index contributed by atoms with van der Waals surface area (Å²) in [7, 11) is 0. The Labute approximate surface area is 373 Å². The monoisotopic (exact) mass is 832 g/mol. The van der Waals surface area contributed by atoms with Crippen molar-refractivity contribution in [2.75, 3.05) is 0 Å². The van der Waals surface area contributed by atoms with E-state index in [0.29, 0.717) is 17.5 Å². The van der Waals surface area contributed by atoms with Gasteiger partial charge in [0.1, 0.15) is 0 Å². The van der Waals surface area contributed by atoms with Gasteiger partial charge in [0.2, 0.25) is 0 Å². The van der Waals surface area contributed by atoms with E-state index in [-0.39, 0.29) is 0 Å². The Balaban J connectivity index is 1.05. The molecule has 0 N–H and O–H groups in total. The Hall–Kier alpha value is -8.25. The molecule has 0 aliphatic rings. The molecule has 13 aromatic rings. The first-order chi connectivity index (χ1) is 31.7. The van der Waals surface area contributed by atoms with Gasteiger partial charge in [0, 0.05) is 42.9 Å². The van der Waals surface area contributed by atoms with Crippen molar-refractivity contribution in [2.45, 2.75) is 0 Å². The van der Waals surface area contributed by atoms with Gasteiger partial charge in [0.25, 0.3) is 0 Å². The molecule has 0 saturated carbocycles. The van der Waals surface area contributed by atoms with Crippen LogP contribution in [0.1, 0.15) is 0 Å². The van der Waals surface area contributed by atoms with Crippen molar-refractivity contribution in [1.82, 2.24) is 19.5 Å². The summed E-state index contributed by atoms with van der Waals surface area (Å²) in [4.78, 5) is 15.9. The first kappa shape index (κ1) is 36.4. The van der Waals surface area contributed by atoms with Crippen LogP contribution in [0.5, 0.6) is 0 Å². The first-order valence-corrected chi connectivity index (χ1v) is 22.4. The van der Waals surface area contributed by atoms with E-state index in [1.807, 2.05) is 23.5 Å². The van der Waals surface area contributed by atoms with Crippen molar-refractivity contribution in [3.05, 3.63) is 218 Å². The topological polar surface area (TPSA) is 43.6 Å². The van der Waals surface area contributed by atoms with Crippen LogP contribution < -0.4 is 0 Å². The molecule has 298 valence electrons. The first-order valence-electron chi connectivity index (χ1n) is 21.6. The van der Waals surface area contributed by atoms with E-state index in [9.17, 15) is 0 Å². The van der Waals surface area contributed by atoms with E-state index >= 15 is 0 Å². The van der Waals surface area contributed by atoms with Crippen LogP contribution in [0.4, 0.5) is 0 Å². The molecule has 0 aliphatic heterocycles. The zero-order valence-electron chi connectivity index (χ0n) is 34.5. The smallest absolute Gasteiger partial charge is 0.164 e. The maximum Gasteiger partial charge on any atom is 0.164 e. The quantitative estimate of drug-likeness (QED) is 0.168. The van der Waals surface area contributed by atoms with Crippen LogP contribution in [0, 0.1) is 0 Å². The second-order valence-corrected chi connectivity index (χ2v) is 17.4. The van der Waals surface area contributed by atoms with Crippen LogP contribution in [-0.2, 0) is 0 Å².